The zero-order chi connectivity index (χ0) is 13.1. The summed E-state index contributed by atoms with van der Waals surface area (Å²) in [4.78, 5) is 32.1. The van der Waals surface area contributed by atoms with Crippen LogP contribution in [0.1, 0.15) is 0 Å². The number of ether oxygens (including phenoxy) is 1. The van der Waals surface area contributed by atoms with Crippen molar-refractivity contribution in [2.75, 3.05) is 19.5 Å². The number of hydrogen-bond acceptors (Lipinski definition) is 6. The summed E-state index contributed by atoms with van der Waals surface area (Å²) in [6.45, 7) is -0.0301. The van der Waals surface area contributed by atoms with Gasteiger partial charge in [0, 0.05) is 11.9 Å². The number of aliphatic hydroxyl groups is 1. The van der Waals surface area contributed by atoms with E-state index in [4.69, 9.17) is 9.84 Å². The number of H-pyrrole nitrogens is 2. The van der Waals surface area contributed by atoms with Gasteiger partial charge in [0.05, 0.1) is 29.5 Å². The Labute approximate surface area is 105 Å². The lowest BCUT2D eigenvalue weighted by atomic mass is 10.3. The lowest BCUT2D eigenvalue weighted by molar-refractivity contribution is 0.322. The van der Waals surface area contributed by atoms with E-state index in [0.29, 0.717) is 22.0 Å². The maximum atomic E-state index is 11.6. The van der Waals surface area contributed by atoms with Crippen molar-refractivity contribution in [2.24, 2.45) is 0 Å². The zero-order valence-corrected chi connectivity index (χ0v) is 10.3. The second kappa shape index (κ2) is 5.23. The highest BCUT2D eigenvalue weighted by Gasteiger charge is 2.13. The maximum Gasteiger partial charge on any atom is 0.326 e. The molecule has 0 radical (unpaired) electrons. The first-order valence-electron chi connectivity index (χ1n) is 5.10. The molecule has 18 heavy (non-hydrogen) atoms. The molecule has 0 bridgehead atoms. The van der Waals surface area contributed by atoms with E-state index in [1.165, 1.54) is 25.1 Å². The molecule has 0 aliphatic carbocycles. The number of aromatic nitrogens is 3. The summed E-state index contributed by atoms with van der Waals surface area (Å²) >= 11 is 1.26. The summed E-state index contributed by atoms with van der Waals surface area (Å²) in [5.41, 5.74) is -0.726. The van der Waals surface area contributed by atoms with Gasteiger partial charge in [0.15, 0.2) is 0 Å². The Hall–Kier alpha value is -1.80. The van der Waals surface area contributed by atoms with E-state index in [1.54, 1.807) is 0 Å². The number of hydrogen-bond donors (Lipinski definition) is 3. The minimum absolute atomic E-state index is 0.0301. The molecule has 0 fully saturated rings. The molecule has 8 heteroatoms. The van der Waals surface area contributed by atoms with Gasteiger partial charge < -0.3 is 14.8 Å². The summed E-state index contributed by atoms with van der Waals surface area (Å²) in [5, 5.41) is 9.12. The molecule has 7 nitrogen and oxygen atoms in total. The molecular formula is C10H11N3O4S. The van der Waals surface area contributed by atoms with Crippen LogP contribution >= 0.6 is 11.8 Å². The number of thioether (sulfide) groups is 1. The number of aromatic amines is 2. The van der Waals surface area contributed by atoms with Crippen LogP contribution in [0.3, 0.4) is 0 Å². The fourth-order valence-corrected chi connectivity index (χ4v) is 2.37. The van der Waals surface area contributed by atoms with Crippen molar-refractivity contribution < 1.29 is 9.84 Å². The highest BCUT2D eigenvalue weighted by molar-refractivity contribution is 7.99. The number of methoxy groups -OCH3 is 1. The lowest BCUT2D eigenvalue weighted by Crippen LogP contribution is -2.22. The summed E-state index contributed by atoms with van der Waals surface area (Å²) in [5.74, 6) is 0.716. The predicted octanol–water partition coefficient (Wildman–Crippen LogP) is -0.296. The summed E-state index contributed by atoms with van der Waals surface area (Å²) < 4.78 is 5.08. The highest BCUT2D eigenvalue weighted by atomic mass is 32.2. The first kappa shape index (κ1) is 12.7. The van der Waals surface area contributed by atoms with Gasteiger partial charge in [-0.1, -0.05) is 0 Å². The van der Waals surface area contributed by atoms with E-state index in [0.717, 1.165) is 0 Å². The first-order valence-corrected chi connectivity index (χ1v) is 6.09. The van der Waals surface area contributed by atoms with Gasteiger partial charge in [0.1, 0.15) is 0 Å². The molecule has 0 aliphatic rings. The summed E-state index contributed by atoms with van der Waals surface area (Å²) in [6.07, 6.45) is 1.34. The van der Waals surface area contributed by atoms with Crippen LogP contribution in [0.2, 0.25) is 0 Å². The smallest absolute Gasteiger partial charge is 0.326 e. The monoisotopic (exact) mass is 269 g/mol. The van der Waals surface area contributed by atoms with E-state index in [9.17, 15) is 9.59 Å². The van der Waals surface area contributed by atoms with Crippen LogP contribution in [-0.2, 0) is 0 Å². The third kappa shape index (κ3) is 2.24. The molecule has 0 spiro atoms. The molecule has 0 atom stereocenters. The van der Waals surface area contributed by atoms with Crippen molar-refractivity contribution in [1.82, 2.24) is 15.0 Å². The summed E-state index contributed by atoms with van der Waals surface area (Å²) in [6, 6.07) is 0. The lowest BCUT2D eigenvalue weighted by Gasteiger charge is -2.08. The minimum atomic E-state index is -0.591. The third-order valence-corrected chi connectivity index (χ3v) is 3.30. The van der Waals surface area contributed by atoms with Gasteiger partial charge >= 0.3 is 5.69 Å². The zero-order valence-electron chi connectivity index (χ0n) is 9.52. The molecule has 2 rings (SSSR count). The van der Waals surface area contributed by atoms with Gasteiger partial charge in [0.2, 0.25) is 5.88 Å². The fourth-order valence-electron chi connectivity index (χ4n) is 1.51. The van der Waals surface area contributed by atoms with E-state index >= 15 is 0 Å². The van der Waals surface area contributed by atoms with E-state index in [2.05, 4.69) is 15.0 Å². The molecule has 0 saturated carbocycles. The van der Waals surface area contributed by atoms with Crippen molar-refractivity contribution in [3.05, 3.63) is 27.0 Å². The third-order valence-electron chi connectivity index (χ3n) is 2.24. The molecule has 0 aromatic carbocycles. The van der Waals surface area contributed by atoms with Gasteiger partial charge in [-0.25, -0.2) is 9.78 Å². The van der Waals surface area contributed by atoms with E-state index in [1.807, 2.05) is 0 Å². The Bertz CT molecular complexity index is 679. The molecule has 0 saturated heterocycles. The molecule has 2 aromatic heterocycles. The minimum Gasteiger partial charge on any atom is -0.480 e. The Balaban J connectivity index is 2.75. The maximum absolute atomic E-state index is 11.6. The predicted molar refractivity (Wildman–Crippen MR) is 67.3 cm³/mol. The Morgan fingerprint density at radius 3 is 2.89 bits per heavy atom. The number of pyridine rings is 1. The van der Waals surface area contributed by atoms with Crippen LogP contribution in [0.15, 0.2) is 20.7 Å². The molecule has 0 aliphatic heterocycles. The van der Waals surface area contributed by atoms with Crippen molar-refractivity contribution in [3.8, 4) is 5.88 Å². The molecule has 2 heterocycles. The van der Waals surface area contributed by atoms with Crippen molar-refractivity contribution in [1.29, 1.82) is 0 Å². The second-order valence-corrected chi connectivity index (χ2v) is 4.47. The highest BCUT2D eigenvalue weighted by Crippen LogP contribution is 2.31. The van der Waals surface area contributed by atoms with Crippen LogP contribution in [0.4, 0.5) is 0 Å². The average Bonchev–Trinajstić information content (AvgIpc) is 2.35. The van der Waals surface area contributed by atoms with Gasteiger partial charge in [-0.3, -0.25) is 9.78 Å². The van der Waals surface area contributed by atoms with Crippen LogP contribution in [0, 0.1) is 0 Å². The molecule has 0 unspecified atom stereocenters. The van der Waals surface area contributed by atoms with E-state index in [-0.39, 0.29) is 12.0 Å². The van der Waals surface area contributed by atoms with Gasteiger partial charge in [0.25, 0.3) is 5.56 Å². The largest absolute Gasteiger partial charge is 0.480 e. The molecule has 3 N–H and O–H groups in total. The van der Waals surface area contributed by atoms with Crippen LogP contribution < -0.4 is 16.0 Å². The first-order chi connectivity index (χ1) is 8.67. The van der Waals surface area contributed by atoms with Crippen molar-refractivity contribution >= 4 is 22.7 Å². The van der Waals surface area contributed by atoms with Crippen LogP contribution in [-0.4, -0.2) is 39.5 Å². The number of aliphatic hydroxyl groups excluding tert-OH is 1. The molecular weight excluding hydrogens is 258 g/mol. The SMILES string of the molecule is COc1ncc2c(=O)[nH]c(=O)[nH]c2c1SCCO. The molecule has 0 amide bonds. The number of rotatable bonds is 4. The van der Waals surface area contributed by atoms with Crippen LogP contribution in [0.5, 0.6) is 5.88 Å². The van der Waals surface area contributed by atoms with Gasteiger partial charge in [-0.15, -0.1) is 11.8 Å². The van der Waals surface area contributed by atoms with Gasteiger partial charge in [-0.2, -0.15) is 0 Å². The fraction of sp³-hybridized carbons (Fsp3) is 0.300. The second-order valence-electron chi connectivity index (χ2n) is 3.37. The average molecular weight is 269 g/mol. The van der Waals surface area contributed by atoms with Crippen molar-refractivity contribution in [3.63, 3.8) is 0 Å². The normalized spacial score (nSPS) is 10.8. The van der Waals surface area contributed by atoms with Gasteiger partial charge in [-0.05, 0) is 0 Å². The summed E-state index contributed by atoms with van der Waals surface area (Å²) in [7, 11) is 1.45. The standard InChI is InChI=1S/C10H11N3O4S/c1-17-9-7(18-3-2-14)6-5(4-11-9)8(15)13-10(16)12-6/h4,14H,2-3H2,1H3,(H2,12,13,15,16). The van der Waals surface area contributed by atoms with E-state index < -0.39 is 11.2 Å². The Morgan fingerprint density at radius 2 is 2.22 bits per heavy atom. The van der Waals surface area contributed by atoms with Crippen molar-refractivity contribution in [2.45, 2.75) is 4.90 Å². The number of nitrogens with zero attached hydrogens (tertiary/aromatic N) is 1. The topological polar surface area (TPSA) is 108 Å². The van der Waals surface area contributed by atoms with Crippen LogP contribution in [0.25, 0.3) is 10.9 Å². The number of nitrogens with one attached hydrogen (secondary N) is 2. The Morgan fingerprint density at radius 1 is 1.44 bits per heavy atom. The number of fused-ring (bicyclic) bond motifs is 1. The quantitative estimate of drug-likeness (QED) is 0.658. The molecule has 2 aromatic rings. The molecule has 96 valence electrons. The Kier molecular flexibility index (Phi) is 3.68.